The number of nitrogens with one attached hydrogen (secondary N) is 1. The zero-order valence-corrected chi connectivity index (χ0v) is 11.3. The molecule has 0 radical (unpaired) electrons. The molecule has 6 heteroatoms. The van der Waals surface area contributed by atoms with Gasteiger partial charge in [-0.15, -0.1) is 0 Å². The quantitative estimate of drug-likeness (QED) is 0.893. The number of nitrogens with two attached hydrogens (primary N) is 1. The first kappa shape index (κ1) is 13.4. The van der Waals surface area contributed by atoms with Gasteiger partial charge in [-0.05, 0) is 24.1 Å². The maximum atomic E-state index is 11.9. The number of amides is 1. The standard InChI is InChI=1S/C13H15ClN4O/c1-18-12(11(15)8-17-18)13(19)16-7-6-9-2-4-10(14)5-3-9/h2-5,8H,6-7,15H2,1H3,(H,16,19). The molecule has 0 aliphatic rings. The van der Waals surface area contributed by atoms with E-state index >= 15 is 0 Å². The molecular formula is C13H15ClN4O. The zero-order chi connectivity index (χ0) is 13.8. The lowest BCUT2D eigenvalue weighted by Gasteiger charge is -2.06. The van der Waals surface area contributed by atoms with Crippen LogP contribution in [0.25, 0.3) is 0 Å². The van der Waals surface area contributed by atoms with E-state index in [0.29, 0.717) is 22.9 Å². The van der Waals surface area contributed by atoms with Crippen molar-refractivity contribution in [1.82, 2.24) is 15.1 Å². The summed E-state index contributed by atoms with van der Waals surface area (Å²) >= 11 is 5.81. The van der Waals surface area contributed by atoms with E-state index < -0.39 is 0 Å². The third-order valence-corrected chi connectivity index (χ3v) is 3.05. The predicted molar refractivity (Wildman–Crippen MR) is 75.1 cm³/mol. The Bertz CT molecular complexity index is 557. The number of hydrogen-bond acceptors (Lipinski definition) is 3. The number of rotatable bonds is 4. The number of benzene rings is 1. The van der Waals surface area contributed by atoms with Crippen LogP contribution in [0.2, 0.25) is 5.02 Å². The lowest BCUT2D eigenvalue weighted by atomic mass is 10.1. The topological polar surface area (TPSA) is 72.9 Å². The van der Waals surface area contributed by atoms with Crippen LogP contribution in [-0.2, 0) is 13.5 Å². The van der Waals surface area contributed by atoms with Crippen molar-refractivity contribution in [2.75, 3.05) is 12.3 Å². The summed E-state index contributed by atoms with van der Waals surface area (Å²) in [4.78, 5) is 11.9. The number of carbonyl (C=O) groups excluding carboxylic acids is 1. The van der Waals surface area contributed by atoms with E-state index in [1.54, 1.807) is 7.05 Å². The first-order chi connectivity index (χ1) is 9.08. The lowest BCUT2D eigenvalue weighted by Crippen LogP contribution is -2.28. The minimum atomic E-state index is -0.216. The Morgan fingerprint density at radius 3 is 2.68 bits per heavy atom. The number of nitrogen functional groups attached to an aromatic ring is 1. The molecule has 1 amide bonds. The van der Waals surface area contributed by atoms with Gasteiger partial charge >= 0.3 is 0 Å². The van der Waals surface area contributed by atoms with Crippen LogP contribution in [0.1, 0.15) is 16.1 Å². The van der Waals surface area contributed by atoms with E-state index in [0.717, 1.165) is 12.0 Å². The van der Waals surface area contributed by atoms with Gasteiger partial charge in [0.15, 0.2) is 0 Å². The Morgan fingerprint density at radius 2 is 2.11 bits per heavy atom. The molecule has 3 N–H and O–H groups in total. The minimum absolute atomic E-state index is 0.216. The van der Waals surface area contributed by atoms with Crippen molar-refractivity contribution in [3.8, 4) is 0 Å². The minimum Gasteiger partial charge on any atom is -0.396 e. The molecule has 1 aromatic carbocycles. The molecule has 2 rings (SSSR count). The highest BCUT2D eigenvalue weighted by molar-refractivity contribution is 6.30. The van der Waals surface area contributed by atoms with Crippen molar-refractivity contribution < 1.29 is 4.79 Å². The molecule has 0 unspecified atom stereocenters. The van der Waals surface area contributed by atoms with Gasteiger partial charge in [0.05, 0.1) is 11.9 Å². The van der Waals surface area contributed by atoms with Crippen LogP contribution in [0.5, 0.6) is 0 Å². The summed E-state index contributed by atoms with van der Waals surface area (Å²) in [6.45, 7) is 0.533. The molecule has 100 valence electrons. The highest BCUT2D eigenvalue weighted by Crippen LogP contribution is 2.10. The van der Waals surface area contributed by atoms with Crippen LogP contribution in [0.3, 0.4) is 0 Å². The van der Waals surface area contributed by atoms with E-state index in [4.69, 9.17) is 17.3 Å². The normalized spacial score (nSPS) is 10.4. The van der Waals surface area contributed by atoms with Crippen molar-refractivity contribution in [2.45, 2.75) is 6.42 Å². The average Bonchev–Trinajstić information content (AvgIpc) is 2.71. The lowest BCUT2D eigenvalue weighted by molar-refractivity contribution is 0.0945. The Morgan fingerprint density at radius 1 is 1.42 bits per heavy atom. The monoisotopic (exact) mass is 278 g/mol. The maximum absolute atomic E-state index is 11.9. The fourth-order valence-corrected chi connectivity index (χ4v) is 1.91. The molecule has 19 heavy (non-hydrogen) atoms. The summed E-state index contributed by atoms with van der Waals surface area (Å²) in [5, 5.41) is 7.45. The van der Waals surface area contributed by atoms with Crippen molar-refractivity contribution in [2.24, 2.45) is 7.05 Å². The van der Waals surface area contributed by atoms with Crippen LogP contribution >= 0.6 is 11.6 Å². The molecule has 0 atom stereocenters. The average molecular weight is 279 g/mol. The van der Waals surface area contributed by atoms with Crippen molar-refractivity contribution >= 4 is 23.2 Å². The molecule has 0 aliphatic carbocycles. The summed E-state index contributed by atoms with van der Waals surface area (Å²) in [7, 11) is 1.68. The predicted octanol–water partition coefficient (Wildman–Crippen LogP) is 1.63. The fourth-order valence-electron chi connectivity index (χ4n) is 1.79. The second-order valence-electron chi connectivity index (χ2n) is 4.20. The van der Waals surface area contributed by atoms with Gasteiger partial charge < -0.3 is 11.1 Å². The molecule has 1 heterocycles. The second kappa shape index (κ2) is 5.75. The number of hydrogen-bond donors (Lipinski definition) is 2. The number of aromatic nitrogens is 2. The Hall–Kier alpha value is -2.01. The smallest absolute Gasteiger partial charge is 0.271 e. The first-order valence-electron chi connectivity index (χ1n) is 5.88. The number of halogens is 1. The van der Waals surface area contributed by atoms with Crippen LogP contribution in [0, 0.1) is 0 Å². The van der Waals surface area contributed by atoms with Gasteiger partial charge in [0.1, 0.15) is 5.69 Å². The molecule has 0 spiro atoms. The van der Waals surface area contributed by atoms with Crippen molar-refractivity contribution in [1.29, 1.82) is 0 Å². The van der Waals surface area contributed by atoms with Gasteiger partial charge in [-0.3, -0.25) is 9.48 Å². The van der Waals surface area contributed by atoms with Crippen LogP contribution < -0.4 is 11.1 Å². The summed E-state index contributed by atoms with van der Waals surface area (Å²) in [5.41, 5.74) is 7.56. The van der Waals surface area contributed by atoms with Gasteiger partial charge in [-0.2, -0.15) is 5.10 Å². The summed E-state index contributed by atoms with van der Waals surface area (Å²) < 4.78 is 1.47. The molecule has 0 bridgehead atoms. The van der Waals surface area contributed by atoms with Gasteiger partial charge in [-0.25, -0.2) is 0 Å². The Labute approximate surface area is 116 Å². The number of anilines is 1. The van der Waals surface area contributed by atoms with E-state index in [-0.39, 0.29) is 5.91 Å². The van der Waals surface area contributed by atoms with E-state index in [2.05, 4.69) is 10.4 Å². The highest BCUT2D eigenvalue weighted by Gasteiger charge is 2.13. The highest BCUT2D eigenvalue weighted by atomic mass is 35.5. The number of nitrogens with zero attached hydrogens (tertiary/aromatic N) is 2. The first-order valence-corrected chi connectivity index (χ1v) is 6.26. The summed E-state index contributed by atoms with van der Waals surface area (Å²) in [5.74, 6) is -0.216. The van der Waals surface area contributed by atoms with Crippen molar-refractivity contribution in [3.05, 3.63) is 46.7 Å². The SMILES string of the molecule is Cn1ncc(N)c1C(=O)NCCc1ccc(Cl)cc1. The third-order valence-electron chi connectivity index (χ3n) is 2.79. The van der Waals surface area contributed by atoms with E-state index in [1.807, 2.05) is 24.3 Å². The number of aryl methyl sites for hydroxylation is 1. The second-order valence-corrected chi connectivity index (χ2v) is 4.64. The summed E-state index contributed by atoms with van der Waals surface area (Å²) in [6.07, 6.45) is 2.20. The Balaban J connectivity index is 1.89. The van der Waals surface area contributed by atoms with E-state index in [9.17, 15) is 4.79 Å². The summed E-state index contributed by atoms with van der Waals surface area (Å²) in [6, 6.07) is 7.54. The third kappa shape index (κ3) is 3.26. The van der Waals surface area contributed by atoms with Gasteiger partial charge in [0, 0.05) is 18.6 Å². The molecule has 1 aromatic heterocycles. The molecule has 0 saturated heterocycles. The van der Waals surface area contributed by atoms with Gasteiger partial charge in [0.25, 0.3) is 5.91 Å². The zero-order valence-electron chi connectivity index (χ0n) is 10.6. The van der Waals surface area contributed by atoms with Crippen molar-refractivity contribution in [3.63, 3.8) is 0 Å². The van der Waals surface area contributed by atoms with Gasteiger partial charge in [-0.1, -0.05) is 23.7 Å². The maximum Gasteiger partial charge on any atom is 0.271 e. The van der Waals surface area contributed by atoms with Crippen LogP contribution in [-0.4, -0.2) is 22.2 Å². The van der Waals surface area contributed by atoms with Crippen LogP contribution in [0.15, 0.2) is 30.5 Å². The molecule has 0 fully saturated rings. The number of carbonyl (C=O) groups is 1. The Kier molecular flexibility index (Phi) is 4.06. The molecular weight excluding hydrogens is 264 g/mol. The molecule has 0 saturated carbocycles. The van der Waals surface area contributed by atoms with Gasteiger partial charge in [0.2, 0.25) is 0 Å². The largest absolute Gasteiger partial charge is 0.396 e. The molecule has 2 aromatic rings. The van der Waals surface area contributed by atoms with Crippen LogP contribution in [0.4, 0.5) is 5.69 Å². The van der Waals surface area contributed by atoms with E-state index in [1.165, 1.54) is 10.9 Å². The molecule has 5 nitrogen and oxygen atoms in total. The fraction of sp³-hybridized carbons (Fsp3) is 0.231. The molecule has 0 aliphatic heterocycles.